The number of methoxy groups -OCH3 is 1. The first-order chi connectivity index (χ1) is 14.5. The standard InChI is InChI=1S/C27H42O4/c1-24(2)20-8-7-19-18(25(20,3)12-11-21(24)28)10-14-26(4)17(9-13-27(19,26)5)16-15-22(29)31-23(16)30-6/h7,16-18,20-21,23,28H,8-15H2,1-6H3. The average Bonchev–Trinajstić information content (AvgIpc) is 3.21. The van der Waals surface area contributed by atoms with Crippen molar-refractivity contribution >= 4 is 5.97 Å². The maximum Gasteiger partial charge on any atom is 0.308 e. The molecule has 4 aliphatic carbocycles. The molecule has 0 bridgehead atoms. The highest BCUT2D eigenvalue weighted by Crippen LogP contribution is 2.73. The lowest BCUT2D eigenvalue weighted by Crippen LogP contribution is -2.58. The molecule has 0 aromatic heterocycles. The predicted octanol–water partition coefficient (Wildman–Crippen LogP) is 5.49. The van der Waals surface area contributed by atoms with Crippen LogP contribution in [0.15, 0.2) is 11.6 Å². The Bertz CT molecular complexity index is 801. The summed E-state index contributed by atoms with van der Waals surface area (Å²) in [5.41, 5.74) is 2.31. The summed E-state index contributed by atoms with van der Waals surface area (Å²) in [4.78, 5) is 12.1. The molecular formula is C27H42O4. The summed E-state index contributed by atoms with van der Waals surface area (Å²) in [5.74, 6) is 1.71. The van der Waals surface area contributed by atoms with Crippen molar-refractivity contribution in [2.75, 3.05) is 7.11 Å². The number of aliphatic hydroxyl groups excluding tert-OH is 1. The van der Waals surface area contributed by atoms with Crippen molar-refractivity contribution in [3.05, 3.63) is 11.6 Å². The van der Waals surface area contributed by atoms with Crippen molar-refractivity contribution < 1.29 is 19.4 Å². The minimum absolute atomic E-state index is 0.0257. The number of aliphatic hydroxyl groups is 1. The van der Waals surface area contributed by atoms with Crippen LogP contribution >= 0.6 is 0 Å². The minimum Gasteiger partial charge on any atom is -0.435 e. The first-order valence-electron chi connectivity index (χ1n) is 12.6. The molecule has 31 heavy (non-hydrogen) atoms. The molecule has 4 fully saturated rings. The van der Waals surface area contributed by atoms with E-state index in [4.69, 9.17) is 9.47 Å². The van der Waals surface area contributed by atoms with Crippen LogP contribution in [0.3, 0.4) is 0 Å². The number of carbonyl (C=O) groups excluding carboxylic acids is 1. The molecule has 9 unspecified atom stereocenters. The van der Waals surface area contributed by atoms with E-state index in [0.717, 1.165) is 25.7 Å². The number of rotatable bonds is 2. The summed E-state index contributed by atoms with van der Waals surface area (Å²) in [7, 11) is 1.67. The third-order valence-electron chi connectivity index (χ3n) is 11.6. The molecule has 5 aliphatic rings. The number of carbonyl (C=O) groups is 1. The second kappa shape index (κ2) is 6.82. The van der Waals surface area contributed by atoms with Crippen LogP contribution in [0.5, 0.6) is 0 Å². The van der Waals surface area contributed by atoms with E-state index >= 15 is 0 Å². The van der Waals surface area contributed by atoms with Gasteiger partial charge in [0.2, 0.25) is 6.29 Å². The van der Waals surface area contributed by atoms with Gasteiger partial charge in [0.1, 0.15) is 0 Å². The lowest BCUT2D eigenvalue weighted by molar-refractivity contribution is -0.167. The van der Waals surface area contributed by atoms with Crippen molar-refractivity contribution in [3.63, 3.8) is 0 Å². The molecule has 4 heteroatoms. The van der Waals surface area contributed by atoms with Gasteiger partial charge < -0.3 is 14.6 Å². The van der Waals surface area contributed by atoms with Gasteiger partial charge >= 0.3 is 5.97 Å². The van der Waals surface area contributed by atoms with E-state index in [-0.39, 0.29) is 45.9 Å². The summed E-state index contributed by atoms with van der Waals surface area (Å²) in [6.45, 7) is 12.1. The lowest BCUT2D eigenvalue weighted by atomic mass is 9.41. The quantitative estimate of drug-likeness (QED) is 0.465. The van der Waals surface area contributed by atoms with Crippen LogP contribution in [0.1, 0.15) is 86.0 Å². The Hall–Kier alpha value is -0.870. The molecule has 1 heterocycles. The number of hydrogen-bond donors (Lipinski definition) is 1. The van der Waals surface area contributed by atoms with Gasteiger partial charge in [-0.15, -0.1) is 0 Å². The van der Waals surface area contributed by atoms with Crippen molar-refractivity contribution in [2.45, 2.75) is 98.4 Å². The van der Waals surface area contributed by atoms with Gasteiger partial charge in [-0.1, -0.05) is 46.3 Å². The van der Waals surface area contributed by atoms with Gasteiger partial charge in [-0.25, -0.2) is 0 Å². The number of fused-ring (bicyclic) bond motifs is 5. The lowest BCUT2D eigenvalue weighted by Gasteiger charge is -2.64. The Morgan fingerprint density at radius 3 is 2.52 bits per heavy atom. The van der Waals surface area contributed by atoms with E-state index < -0.39 is 0 Å². The van der Waals surface area contributed by atoms with E-state index in [9.17, 15) is 9.90 Å². The zero-order chi connectivity index (χ0) is 22.4. The molecule has 174 valence electrons. The summed E-state index contributed by atoms with van der Waals surface area (Å²) in [6, 6.07) is 0. The Morgan fingerprint density at radius 1 is 1.06 bits per heavy atom. The van der Waals surface area contributed by atoms with Crippen LogP contribution in [0.4, 0.5) is 0 Å². The molecule has 3 saturated carbocycles. The molecule has 4 nitrogen and oxygen atoms in total. The summed E-state index contributed by atoms with van der Waals surface area (Å²) in [6.07, 6.45) is 10.5. The fourth-order valence-electron chi connectivity index (χ4n) is 9.54. The van der Waals surface area contributed by atoms with E-state index in [1.54, 1.807) is 12.7 Å². The largest absolute Gasteiger partial charge is 0.435 e. The first-order valence-corrected chi connectivity index (χ1v) is 12.6. The molecule has 0 aromatic rings. The molecule has 0 spiro atoms. The van der Waals surface area contributed by atoms with Crippen LogP contribution in [0, 0.1) is 45.3 Å². The van der Waals surface area contributed by atoms with Crippen LogP contribution in [0.25, 0.3) is 0 Å². The van der Waals surface area contributed by atoms with Crippen LogP contribution < -0.4 is 0 Å². The van der Waals surface area contributed by atoms with Crippen LogP contribution in [0.2, 0.25) is 0 Å². The maximum absolute atomic E-state index is 12.1. The summed E-state index contributed by atoms with van der Waals surface area (Å²) in [5, 5.41) is 10.8. The van der Waals surface area contributed by atoms with Crippen molar-refractivity contribution in [3.8, 4) is 0 Å². The number of esters is 1. The summed E-state index contributed by atoms with van der Waals surface area (Å²) < 4.78 is 11.1. The summed E-state index contributed by atoms with van der Waals surface area (Å²) >= 11 is 0. The molecule has 1 saturated heterocycles. The van der Waals surface area contributed by atoms with Gasteiger partial charge in [0.15, 0.2) is 0 Å². The first kappa shape index (κ1) is 21.9. The SMILES string of the molecule is COC1OC(=O)CC1C1CCC2(C)C3=CCC4C(C)(C)C(O)CCC4(C)C3CCC12C. The minimum atomic E-state index is -0.378. The Kier molecular flexibility index (Phi) is 4.83. The highest BCUT2D eigenvalue weighted by molar-refractivity contribution is 5.72. The van der Waals surface area contributed by atoms with Gasteiger partial charge in [0, 0.05) is 13.0 Å². The molecule has 1 N–H and O–H groups in total. The molecule has 5 rings (SSSR count). The molecule has 0 amide bonds. The van der Waals surface area contributed by atoms with Gasteiger partial charge in [0.05, 0.1) is 12.5 Å². The normalized spacial score (nSPS) is 53.3. The van der Waals surface area contributed by atoms with E-state index in [0.29, 0.717) is 24.2 Å². The van der Waals surface area contributed by atoms with Gasteiger partial charge in [-0.05, 0) is 84.4 Å². The van der Waals surface area contributed by atoms with Gasteiger partial charge in [0.25, 0.3) is 0 Å². The van der Waals surface area contributed by atoms with Crippen LogP contribution in [-0.2, 0) is 14.3 Å². The molecule has 0 aromatic carbocycles. The van der Waals surface area contributed by atoms with E-state index in [1.165, 1.54) is 19.3 Å². The number of allylic oxidation sites excluding steroid dienone is 2. The fourth-order valence-corrected chi connectivity index (χ4v) is 9.54. The Morgan fingerprint density at radius 2 is 1.81 bits per heavy atom. The predicted molar refractivity (Wildman–Crippen MR) is 120 cm³/mol. The highest BCUT2D eigenvalue weighted by atomic mass is 16.7. The highest BCUT2D eigenvalue weighted by Gasteiger charge is 2.66. The monoisotopic (exact) mass is 430 g/mol. The molecular weight excluding hydrogens is 388 g/mol. The van der Waals surface area contributed by atoms with Gasteiger partial charge in [-0.2, -0.15) is 0 Å². The fraction of sp³-hybridized carbons (Fsp3) is 0.889. The van der Waals surface area contributed by atoms with Crippen molar-refractivity contribution in [2.24, 2.45) is 45.3 Å². The third-order valence-corrected chi connectivity index (χ3v) is 11.6. The van der Waals surface area contributed by atoms with Gasteiger partial charge in [-0.3, -0.25) is 4.79 Å². The van der Waals surface area contributed by atoms with E-state index in [1.807, 2.05) is 0 Å². The second-order valence-corrected chi connectivity index (χ2v) is 12.8. The zero-order valence-corrected chi connectivity index (χ0v) is 20.4. The Balaban J connectivity index is 1.51. The second-order valence-electron chi connectivity index (χ2n) is 12.8. The smallest absolute Gasteiger partial charge is 0.308 e. The topological polar surface area (TPSA) is 55.8 Å². The Labute approximate surface area is 188 Å². The van der Waals surface area contributed by atoms with Crippen LogP contribution in [-0.4, -0.2) is 30.6 Å². The van der Waals surface area contributed by atoms with E-state index in [2.05, 4.69) is 40.7 Å². The molecule has 0 radical (unpaired) electrons. The number of ether oxygens (including phenoxy) is 2. The molecule has 1 aliphatic heterocycles. The molecule has 9 atom stereocenters. The number of cyclic esters (lactones) is 1. The zero-order valence-electron chi connectivity index (χ0n) is 20.4. The average molecular weight is 431 g/mol. The number of hydrogen-bond acceptors (Lipinski definition) is 4. The van der Waals surface area contributed by atoms with Crippen molar-refractivity contribution in [1.29, 1.82) is 0 Å². The maximum atomic E-state index is 12.1. The van der Waals surface area contributed by atoms with Crippen molar-refractivity contribution in [1.82, 2.24) is 0 Å². The third kappa shape index (κ3) is 2.70.